The molecule has 0 saturated heterocycles. The Labute approximate surface area is 235 Å². The Balaban J connectivity index is 1.18. The molecular weight excluding hydrogens is 484 g/mol. The largest absolute Gasteiger partial charge is 0.345 e. The second-order valence-electron chi connectivity index (χ2n) is 10.4. The summed E-state index contributed by atoms with van der Waals surface area (Å²) in [6.07, 6.45) is 0.942. The van der Waals surface area contributed by atoms with E-state index < -0.39 is 0 Å². The number of hydrogen-bond acceptors (Lipinski definition) is 1. The third-order valence-electron chi connectivity index (χ3n) is 7.82. The highest BCUT2D eigenvalue weighted by Gasteiger charge is 2.13. The first-order chi connectivity index (χ1) is 19.7. The number of hydrogen-bond donors (Lipinski definition) is 0. The van der Waals surface area contributed by atoms with Crippen LogP contribution in [-0.2, 0) is 6.42 Å². The summed E-state index contributed by atoms with van der Waals surface area (Å²) in [5, 5.41) is 2.56. The number of fused-ring (bicyclic) bond motifs is 3. The van der Waals surface area contributed by atoms with Crippen molar-refractivity contribution in [2.45, 2.75) is 6.42 Å². The van der Waals surface area contributed by atoms with Gasteiger partial charge in [-0.3, -0.25) is 0 Å². The molecule has 0 bridgehead atoms. The van der Waals surface area contributed by atoms with Gasteiger partial charge < -0.3 is 9.47 Å². The van der Waals surface area contributed by atoms with Gasteiger partial charge >= 0.3 is 0 Å². The van der Waals surface area contributed by atoms with E-state index in [0.29, 0.717) is 0 Å². The Morgan fingerprint density at radius 2 is 1.10 bits per heavy atom. The summed E-state index contributed by atoms with van der Waals surface area (Å²) < 4.78 is 2.37. The molecule has 0 aliphatic heterocycles. The lowest BCUT2D eigenvalue weighted by Gasteiger charge is -2.21. The van der Waals surface area contributed by atoms with E-state index >= 15 is 0 Å². The van der Waals surface area contributed by atoms with E-state index in [1.54, 1.807) is 0 Å². The molecule has 40 heavy (non-hydrogen) atoms. The Bertz CT molecular complexity index is 1880. The van der Waals surface area contributed by atoms with Crippen LogP contribution in [0.15, 0.2) is 152 Å². The summed E-state index contributed by atoms with van der Waals surface area (Å²) in [7, 11) is 2.14. The molecule has 2 heteroatoms. The Morgan fingerprint density at radius 3 is 1.82 bits per heavy atom. The topological polar surface area (TPSA) is 8.17 Å². The van der Waals surface area contributed by atoms with Crippen molar-refractivity contribution in [3.05, 3.63) is 163 Å². The van der Waals surface area contributed by atoms with Crippen molar-refractivity contribution < 1.29 is 0 Å². The number of para-hydroxylation sites is 2. The predicted octanol–water partition coefficient (Wildman–Crippen LogP) is 9.81. The number of anilines is 2. The molecule has 6 aromatic carbocycles. The number of nitrogens with zero attached hydrogens (tertiary/aromatic N) is 2. The van der Waals surface area contributed by atoms with Gasteiger partial charge in [-0.25, -0.2) is 0 Å². The zero-order valence-corrected chi connectivity index (χ0v) is 22.5. The summed E-state index contributed by atoms with van der Waals surface area (Å²) in [4.78, 5) is 2.26. The summed E-state index contributed by atoms with van der Waals surface area (Å²) >= 11 is 0. The number of benzene rings is 6. The van der Waals surface area contributed by atoms with Crippen LogP contribution in [0.3, 0.4) is 0 Å². The van der Waals surface area contributed by atoms with Crippen molar-refractivity contribution in [2.24, 2.45) is 0 Å². The molecule has 0 saturated carbocycles. The second-order valence-corrected chi connectivity index (χ2v) is 10.4. The summed E-state index contributed by atoms with van der Waals surface area (Å²) in [5.41, 5.74) is 11.0. The molecule has 1 aromatic heterocycles. The van der Waals surface area contributed by atoms with Crippen molar-refractivity contribution in [3.63, 3.8) is 0 Å². The standard InChI is InChI=1S/C38H30N2/c1-39(32-23-21-30(22-24-32)31-14-9-13-29(26-31)25-28-11-3-2-4-12-28)33-15-10-16-34(27-33)40-37-19-7-5-17-35(37)36-18-6-8-20-38(36)40/h2-24,26-27H,25H2,1H3. The molecule has 0 N–H and O–H groups in total. The zero-order chi connectivity index (χ0) is 26.9. The van der Waals surface area contributed by atoms with Crippen molar-refractivity contribution in [3.8, 4) is 16.8 Å². The zero-order valence-electron chi connectivity index (χ0n) is 22.5. The molecule has 2 nitrogen and oxygen atoms in total. The summed E-state index contributed by atoms with van der Waals surface area (Å²) in [5.74, 6) is 0. The maximum atomic E-state index is 2.37. The van der Waals surface area contributed by atoms with E-state index in [1.165, 1.54) is 44.1 Å². The van der Waals surface area contributed by atoms with Crippen LogP contribution in [0.5, 0.6) is 0 Å². The van der Waals surface area contributed by atoms with Gasteiger partial charge in [-0.2, -0.15) is 0 Å². The first kappa shape index (κ1) is 24.0. The maximum Gasteiger partial charge on any atom is 0.0541 e. The highest BCUT2D eigenvalue weighted by atomic mass is 15.1. The minimum Gasteiger partial charge on any atom is -0.345 e. The lowest BCUT2D eigenvalue weighted by atomic mass is 9.99. The van der Waals surface area contributed by atoms with Crippen LogP contribution in [0, 0.1) is 0 Å². The van der Waals surface area contributed by atoms with Gasteiger partial charge in [-0.15, -0.1) is 0 Å². The van der Waals surface area contributed by atoms with Crippen molar-refractivity contribution >= 4 is 33.2 Å². The van der Waals surface area contributed by atoms with Crippen LogP contribution in [0.4, 0.5) is 11.4 Å². The summed E-state index contributed by atoms with van der Waals surface area (Å²) in [6.45, 7) is 0. The van der Waals surface area contributed by atoms with Gasteiger partial charge in [-0.05, 0) is 71.1 Å². The highest BCUT2D eigenvalue weighted by Crippen LogP contribution is 2.34. The number of aromatic nitrogens is 1. The average molecular weight is 515 g/mol. The molecule has 0 radical (unpaired) electrons. The average Bonchev–Trinajstić information content (AvgIpc) is 3.36. The van der Waals surface area contributed by atoms with E-state index in [1.807, 2.05) is 0 Å². The fourth-order valence-electron chi connectivity index (χ4n) is 5.76. The van der Waals surface area contributed by atoms with E-state index in [0.717, 1.165) is 23.5 Å². The molecule has 0 amide bonds. The molecule has 0 fully saturated rings. The van der Waals surface area contributed by atoms with Gasteiger partial charge in [0.15, 0.2) is 0 Å². The van der Waals surface area contributed by atoms with Gasteiger partial charge in [0.1, 0.15) is 0 Å². The van der Waals surface area contributed by atoms with Crippen LogP contribution in [0.1, 0.15) is 11.1 Å². The monoisotopic (exact) mass is 514 g/mol. The Hall–Kier alpha value is -5.08. The van der Waals surface area contributed by atoms with Gasteiger partial charge in [0.25, 0.3) is 0 Å². The van der Waals surface area contributed by atoms with Gasteiger partial charge in [-0.1, -0.05) is 109 Å². The highest BCUT2D eigenvalue weighted by molar-refractivity contribution is 6.09. The molecule has 192 valence electrons. The molecule has 7 aromatic rings. The van der Waals surface area contributed by atoms with Crippen LogP contribution >= 0.6 is 0 Å². The third-order valence-corrected chi connectivity index (χ3v) is 7.82. The van der Waals surface area contributed by atoms with Crippen LogP contribution in [0.25, 0.3) is 38.6 Å². The first-order valence-corrected chi connectivity index (χ1v) is 13.8. The normalized spacial score (nSPS) is 11.2. The molecule has 0 aliphatic carbocycles. The van der Waals surface area contributed by atoms with E-state index in [2.05, 4.69) is 168 Å². The quantitative estimate of drug-likeness (QED) is 0.214. The maximum absolute atomic E-state index is 2.37. The predicted molar refractivity (Wildman–Crippen MR) is 170 cm³/mol. The second kappa shape index (κ2) is 10.2. The number of rotatable bonds is 6. The fourth-order valence-corrected chi connectivity index (χ4v) is 5.76. The van der Waals surface area contributed by atoms with Gasteiger partial charge in [0.2, 0.25) is 0 Å². The smallest absolute Gasteiger partial charge is 0.0541 e. The van der Waals surface area contributed by atoms with Crippen molar-refractivity contribution in [1.29, 1.82) is 0 Å². The van der Waals surface area contributed by atoms with E-state index in [9.17, 15) is 0 Å². The minimum absolute atomic E-state index is 0.942. The van der Waals surface area contributed by atoms with Crippen LogP contribution < -0.4 is 4.90 Å². The molecule has 0 aliphatic rings. The van der Waals surface area contributed by atoms with E-state index in [-0.39, 0.29) is 0 Å². The van der Waals surface area contributed by atoms with Crippen LogP contribution in [-0.4, -0.2) is 11.6 Å². The van der Waals surface area contributed by atoms with Crippen molar-refractivity contribution in [1.82, 2.24) is 4.57 Å². The molecule has 0 spiro atoms. The Kier molecular flexibility index (Phi) is 6.14. The molecule has 1 heterocycles. The SMILES string of the molecule is CN(c1ccc(-c2cccc(Cc3ccccc3)c2)cc1)c1cccc(-n2c3ccccc3c3ccccc32)c1. The molecule has 7 rings (SSSR count). The van der Waals surface area contributed by atoms with Gasteiger partial charge in [0, 0.05) is 34.9 Å². The van der Waals surface area contributed by atoms with E-state index in [4.69, 9.17) is 0 Å². The lowest BCUT2D eigenvalue weighted by Crippen LogP contribution is -2.09. The molecule has 0 atom stereocenters. The van der Waals surface area contributed by atoms with Gasteiger partial charge in [0.05, 0.1) is 11.0 Å². The molecular formula is C38H30N2. The third kappa shape index (κ3) is 4.44. The minimum atomic E-state index is 0.942. The first-order valence-electron chi connectivity index (χ1n) is 13.8. The fraction of sp³-hybridized carbons (Fsp3) is 0.0526. The lowest BCUT2D eigenvalue weighted by molar-refractivity contribution is 1.15. The summed E-state index contributed by atoms with van der Waals surface area (Å²) in [6, 6.07) is 54.5. The van der Waals surface area contributed by atoms with Crippen LogP contribution in [0.2, 0.25) is 0 Å². The molecule has 0 unspecified atom stereocenters. The van der Waals surface area contributed by atoms with Crippen molar-refractivity contribution in [2.75, 3.05) is 11.9 Å². The Morgan fingerprint density at radius 1 is 0.475 bits per heavy atom.